The molecule has 1 aromatic carbocycles. The number of aryl methyl sites for hydroxylation is 1. The van der Waals surface area contributed by atoms with Crippen molar-refractivity contribution in [3.63, 3.8) is 0 Å². The number of rotatable bonds is 1. The van der Waals surface area contributed by atoms with Crippen LogP contribution in [0.3, 0.4) is 0 Å². The molecule has 0 heterocycles. The number of halogens is 1. The molecule has 0 saturated heterocycles. The zero-order chi connectivity index (χ0) is 8.27. The van der Waals surface area contributed by atoms with E-state index in [4.69, 9.17) is 11.6 Å². The Bertz CT molecular complexity index is 316. The standard InChI is InChI=1S/C8H6ClNSe/c1-6-2-3-7(10-5-11)4-8(6)9/h2-4H,1H3. The molecule has 0 aliphatic rings. The van der Waals surface area contributed by atoms with Crippen LogP contribution in [-0.2, 0) is 0 Å². The van der Waals surface area contributed by atoms with E-state index in [2.05, 4.69) is 25.3 Å². The predicted octanol–water partition coefficient (Wildman–Crippen LogP) is 2.35. The zero-order valence-electron chi connectivity index (χ0n) is 5.97. The van der Waals surface area contributed by atoms with Crippen molar-refractivity contribution in [2.45, 2.75) is 6.92 Å². The van der Waals surface area contributed by atoms with E-state index >= 15 is 0 Å². The van der Waals surface area contributed by atoms with Crippen LogP contribution in [0.1, 0.15) is 5.56 Å². The normalized spacial score (nSPS) is 8.91. The average Bonchev–Trinajstić information content (AvgIpc) is 1.98. The molecule has 1 aromatic rings. The van der Waals surface area contributed by atoms with E-state index in [1.807, 2.05) is 19.1 Å². The number of aliphatic imine (C=N–C) groups is 1. The summed E-state index contributed by atoms with van der Waals surface area (Å²) >= 11 is 8.42. The first-order chi connectivity index (χ1) is 5.24. The molecule has 1 rings (SSSR count). The Labute approximate surface area is 78.5 Å². The SMILES string of the molecule is Cc1ccc(N=C=[Se])cc1Cl. The molecule has 0 aromatic heterocycles. The topological polar surface area (TPSA) is 12.4 Å². The molecule has 0 bridgehead atoms. The van der Waals surface area contributed by atoms with E-state index in [1.165, 1.54) is 0 Å². The van der Waals surface area contributed by atoms with Gasteiger partial charge in [0.25, 0.3) is 0 Å². The zero-order valence-corrected chi connectivity index (χ0v) is 8.43. The molecule has 0 unspecified atom stereocenters. The molecule has 0 aliphatic heterocycles. The summed E-state index contributed by atoms with van der Waals surface area (Å²) in [5.74, 6) is 0. The third-order valence-corrected chi connectivity index (χ3v) is 1.93. The summed E-state index contributed by atoms with van der Waals surface area (Å²) in [6.45, 7) is 1.96. The molecule has 0 amide bonds. The van der Waals surface area contributed by atoms with Gasteiger partial charge in [-0.15, -0.1) is 0 Å². The van der Waals surface area contributed by atoms with Gasteiger partial charge < -0.3 is 0 Å². The minimum absolute atomic E-state index is 0.738. The van der Waals surface area contributed by atoms with Gasteiger partial charge in [-0.1, -0.05) is 0 Å². The number of nitrogens with zero attached hydrogens (tertiary/aromatic N) is 1. The molecule has 0 atom stereocenters. The second kappa shape index (κ2) is 3.85. The van der Waals surface area contributed by atoms with Gasteiger partial charge in [-0.2, -0.15) is 0 Å². The van der Waals surface area contributed by atoms with E-state index in [9.17, 15) is 0 Å². The van der Waals surface area contributed by atoms with Crippen molar-refractivity contribution in [3.05, 3.63) is 28.8 Å². The summed E-state index contributed by atoms with van der Waals surface area (Å²) in [6, 6.07) is 5.63. The fourth-order valence-electron chi connectivity index (χ4n) is 0.704. The Balaban J connectivity index is 3.14. The average molecular weight is 231 g/mol. The van der Waals surface area contributed by atoms with Crippen molar-refractivity contribution in [3.8, 4) is 0 Å². The molecule has 1 nitrogen and oxygen atoms in total. The van der Waals surface area contributed by atoms with Gasteiger partial charge >= 0.3 is 78.3 Å². The van der Waals surface area contributed by atoms with Gasteiger partial charge in [0, 0.05) is 0 Å². The van der Waals surface area contributed by atoms with Crippen LogP contribution in [-0.4, -0.2) is 20.3 Å². The molecule has 0 N–H and O–H groups in total. The van der Waals surface area contributed by atoms with Crippen LogP contribution in [0.25, 0.3) is 0 Å². The summed E-state index contributed by atoms with van der Waals surface area (Å²) in [6.07, 6.45) is 0. The fraction of sp³-hybridized carbons (Fsp3) is 0.125. The van der Waals surface area contributed by atoms with E-state index in [-0.39, 0.29) is 0 Å². The summed E-state index contributed by atoms with van der Waals surface area (Å²) in [4.78, 5) is 3.92. The molecule has 0 spiro atoms. The quantitative estimate of drug-likeness (QED) is 0.519. The Morgan fingerprint density at radius 3 is 2.82 bits per heavy atom. The van der Waals surface area contributed by atoms with Crippen molar-refractivity contribution in [2.24, 2.45) is 4.99 Å². The molecule has 0 fully saturated rings. The number of benzene rings is 1. The maximum absolute atomic E-state index is 5.85. The summed E-state index contributed by atoms with van der Waals surface area (Å²) < 4.78 is 2.57. The minimum atomic E-state index is 0.738. The van der Waals surface area contributed by atoms with Gasteiger partial charge in [0.15, 0.2) is 0 Å². The van der Waals surface area contributed by atoms with Gasteiger partial charge in [0.05, 0.1) is 0 Å². The van der Waals surface area contributed by atoms with Crippen LogP contribution >= 0.6 is 11.6 Å². The number of hydrogen-bond acceptors (Lipinski definition) is 1. The fourth-order valence-corrected chi connectivity index (χ4v) is 1.10. The van der Waals surface area contributed by atoms with Crippen LogP contribution < -0.4 is 0 Å². The van der Waals surface area contributed by atoms with Crippen molar-refractivity contribution >= 4 is 37.6 Å². The van der Waals surface area contributed by atoms with Crippen LogP contribution in [0.4, 0.5) is 5.69 Å². The molecular formula is C8H6ClNSe. The molecule has 0 aliphatic carbocycles. The van der Waals surface area contributed by atoms with E-state index in [1.54, 1.807) is 6.07 Å². The second-order valence-corrected chi connectivity index (χ2v) is 2.93. The Morgan fingerprint density at radius 2 is 2.27 bits per heavy atom. The first-order valence-electron chi connectivity index (χ1n) is 3.08. The molecule has 0 saturated carbocycles. The Kier molecular flexibility index (Phi) is 3.04. The molecular weight excluding hydrogens is 225 g/mol. The Hall–Kier alpha value is -0.391. The summed E-state index contributed by atoms with van der Waals surface area (Å²) in [5.41, 5.74) is 1.88. The van der Waals surface area contributed by atoms with Crippen LogP contribution in [0.2, 0.25) is 5.02 Å². The van der Waals surface area contributed by atoms with Crippen LogP contribution in [0, 0.1) is 6.92 Å². The van der Waals surface area contributed by atoms with Gasteiger partial charge in [-0.25, -0.2) is 0 Å². The first-order valence-corrected chi connectivity index (χ1v) is 4.31. The van der Waals surface area contributed by atoms with Gasteiger partial charge in [0.2, 0.25) is 0 Å². The van der Waals surface area contributed by atoms with Gasteiger partial charge in [-0.05, 0) is 0 Å². The van der Waals surface area contributed by atoms with E-state index in [0.717, 1.165) is 16.3 Å². The third kappa shape index (κ3) is 2.28. The second-order valence-electron chi connectivity index (χ2n) is 2.14. The molecule has 0 radical (unpaired) electrons. The predicted molar refractivity (Wildman–Crippen MR) is 49.0 cm³/mol. The van der Waals surface area contributed by atoms with Crippen molar-refractivity contribution in [1.82, 2.24) is 0 Å². The van der Waals surface area contributed by atoms with Gasteiger partial charge in [0.1, 0.15) is 0 Å². The van der Waals surface area contributed by atoms with Crippen molar-refractivity contribution in [2.75, 3.05) is 0 Å². The van der Waals surface area contributed by atoms with Crippen LogP contribution in [0.5, 0.6) is 0 Å². The maximum atomic E-state index is 5.85. The molecule has 3 heteroatoms. The van der Waals surface area contributed by atoms with E-state index in [0.29, 0.717) is 0 Å². The number of hydrogen-bond donors (Lipinski definition) is 0. The summed E-state index contributed by atoms with van der Waals surface area (Å²) in [7, 11) is 0. The van der Waals surface area contributed by atoms with Crippen LogP contribution in [0.15, 0.2) is 23.2 Å². The third-order valence-electron chi connectivity index (χ3n) is 1.33. The molecule has 11 heavy (non-hydrogen) atoms. The summed E-state index contributed by atoms with van der Waals surface area (Å²) in [5, 5.41) is 0.738. The van der Waals surface area contributed by atoms with E-state index < -0.39 is 0 Å². The Morgan fingerprint density at radius 1 is 1.55 bits per heavy atom. The monoisotopic (exact) mass is 231 g/mol. The first kappa shape index (κ1) is 8.70. The van der Waals surface area contributed by atoms with Crippen molar-refractivity contribution in [1.29, 1.82) is 0 Å². The van der Waals surface area contributed by atoms with Crippen molar-refractivity contribution < 1.29 is 0 Å². The molecule has 56 valence electrons. The van der Waals surface area contributed by atoms with Gasteiger partial charge in [-0.3, -0.25) is 0 Å².